The van der Waals surface area contributed by atoms with Gasteiger partial charge in [0.15, 0.2) is 0 Å². The minimum Gasteiger partial charge on any atom is -0.378 e. The number of rotatable bonds is 6. The van der Waals surface area contributed by atoms with Crippen molar-refractivity contribution in [1.82, 2.24) is 14.9 Å². The molecule has 0 radical (unpaired) electrons. The van der Waals surface area contributed by atoms with Gasteiger partial charge in [0.1, 0.15) is 6.33 Å². The monoisotopic (exact) mass is 413 g/mol. The summed E-state index contributed by atoms with van der Waals surface area (Å²) in [6, 6.07) is 16.2. The smallest absolute Gasteiger partial charge is 0.212 e. The Morgan fingerprint density at radius 2 is 1.82 bits per heavy atom. The second-order valence-electron chi connectivity index (χ2n) is 6.31. The molecule has 1 fully saturated rings. The molecule has 0 atom stereocenters. The second kappa shape index (κ2) is 9.23. The van der Waals surface area contributed by atoms with Gasteiger partial charge in [0.05, 0.1) is 19.4 Å². The van der Waals surface area contributed by atoms with E-state index < -0.39 is 0 Å². The molecule has 1 saturated heterocycles. The molecule has 0 aliphatic carbocycles. The lowest BCUT2D eigenvalue weighted by Gasteiger charge is -2.28. The fourth-order valence-electron chi connectivity index (χ4n) is 2.84. The zero-order valence-corrected chi connectivity index (χ0v) is 16.8. The molecule has 6 nitrogen and oxygen atoms in total. The van der Waals surface area contributed by atoms with Gasteiger partial charge >= 0.3 is 0 Å². The van der Waals surface area contributed by atoms with E-state index in [4.69, 9.17) is 16.3 Å². The Morgan fingerprint density at radius 3 is 2.57 bits per heavy atom. The molecule has 3 aromatic rings. The number of morpholine rings is 1. The lowest BCUT2D eigenvalue weighted by atomic mass is 10.2. The average Bonchev–Trinajstić information content (AvgIpc) is 3.20. The molecule has 1 aliphatic heterocycles. The van der Waals surface area contributed by atoms with Crippen LogP contribution in [0.2, 0.25) is 5.02 Å². The summed E-state index contributed by atoms with van der Waals surface area (Å²) in [5, 5.41) is 14.1. The molecule has 144 valence electrons. The summed E-state index contributed by atoms with van der Waals surface area (Å²) in [4.78, 5) is 2.33. The maximum atomic E-state index is 5.93. The predicted octanol–water partition coefficient (Wildman–Crippen LogP) is 3.94. The van der Waals surface area contributed by atoms with Crippen LogP contribution < -0.4 is 4.90 Å². The minimum absolute atomic E-state index is 0.737. The Bertz CT molecular complexity index is 921. The molecule has 2 heterocycles. The molecule has 8 heteroatoms. The lowest BCUT2D eigenvalue weighted by Crippen LogP contribution is -2.36. The average molecular weight is 414 g/mol. The van der Waals surface area contributed by atoms with E-state index in [1.807, 2.05) is 30.5 Å². The molecule has 1 aliphatic rings. The van der Waals surface area contributed by atoms with Crippen LogP contribution in [0, 0.1) is 0 Å². The molecule has 4 rings (SSSR count). The van der Waals surface area contributed by atoms with E-state index >= 15 is 0 Å². The van der Waals surface area contributed by atoms with Crippen LogP contribution in [0.1, 0.15) is 11.1 Å². The van der Waals surface area contributed by atoms with Crippen LogP contribution in [0.4, 0.5) is 5.69 Å². The van der Waals surface area contributed by atoms with E-state index in [0.717, 1.165) is 47.8 Å². The largest absolute Gasteiger partial charge is 0.378 e. The summed E-state index contributed by atoms with van der Waals surface area (Å²) >= 11 is 7.51. The van der Waals surface area contributed by atoms with Crippen LogP contribution in [-0.4, -0.2) is 47.4 Å². The zero-order valence-electron chi connectivity index (χ0n) is 15.2. The molecule has 0 unspecified atom stereocenters. The summed E-state index contributed by atoms with van der Waals surface area (Å²) in [5.74, 6) is 0.777. The summed E-state index contributed by atoms with van der Waals surface area (Å²) in [7, 11) is 0. The zero-order chi connectivity index (χ0) is 19.2. The van der Waals surface area contributed by atoms with Gasteiger partial charge in [-0.2, -0.15) is 9.78 Å². The quantitative estimate of drug-likeness (QED) is 0.452. The normalized spacial score (nSPS) is 14.7. The van der Waals surface area contributed by atoms with Gasteiger partial charge in [-0.15, -0.1) is 10.2 Å². The van der Waals surface area contributed by atoms with Gasteiger partial charge in [-0.05, 0) is 35.4 Å². The Hall–Kier alpha value is -2.35. The predicted molar refractivity (Wildman–Crippen MR) is 114 cm³/mol. The highest BCUT2D eigenvalue weighted by Gasteiger charge is 2.10. The van der Waals surface area contributed by atoms with Gasteiger partial charge < -0.3 is 9.64 Å². The van der Waals surface area contributed by atoms with Gasteiger partial charge in [0, 0.05) is 29.6 Å². The van der Waals surface area contributed by atoms with Gasteiger partial charge in [-0.25, -0.2) is 0 Å². The van der Waals surface area contributed by atoms with Crippen molar-refractivity contribution in [2.75, 3.05) is 31.2 Å². The number of thioether (sulfide) groups is 1. The van der Waals surface area contributed by atoms with E-state index in [-0.39, 0.29) is 0 Å². The van der Waals surface area contributed by atoms with Gasteiger partial charge in [-0.1, -0.05) is 47.6 Å². The number of halogens is 1. The van der Waals surface area contributed by atoms with Crippen molar-refractivity contribution in [3.05, 3.63) is 71.0 Å². The van der Waals surface area contributed by atoms with Crippen molar-refractivity contribution in [3.63, 3.8) is 0 Å². The third-order valence-corrected chi connectivity index (χ3v) is 5.64. The lowest BCUT2D eigenvalue weighted by molar-refractivity contribution is 0.122. The summed E-state index contributed by atoms with van der Waals surface area (Å²) < 4.78 is 7.09. The van der Waals surface area contributed by atoms with Crippen molar-refractivity contribution < 1.29 is 4.74 Å². The number of hydrogen-bond donors (Lipinski definition) is 0. The second-order valence-corrected chi connectivity index (χ2v) is 7.69. The van der Waals surface area contributed by atoms with Crippen molar-refractivity contribution >= 4 is 35.3 Å². The molecule has 0 saturated carbocycles. The number of nitrogens with zero attached hydrogens (tertiary/aromatic N) is 5. The maximum Gasteiger partial charge on any atom is 0.212 e. The molecule has 0 spiro atoms. The Morgan fingerprint density at radius 1 is 1.07 bits per heavy atom. The Balaban J connectivity index is 1.38. The van der Waals surface area contributed by atoms with E-state index in [0.29, 0.717) is 0 Å². The first-order chi connectivity index (χ1) is 13.8. The minimum atomic E-state index is 0.737. The Kier molecular flexibility index (Phi) is 6.26. The SMILES string of the molecule is Clc1ccc(CSc2nncn2/N=C\c2ccc(N3CCOCC3)cc2)cc1. The van der Waals surface area contributed by atoms with E-state index in [1.54, 1.807) is 22.8 Å². The summed E-state index contributed by atoms with van der Waals surface area (Å²) in [5.41, 5.74) is 3.41. The topological polar surface area (TPSA) is 55.5 Å². The molecular formula is C20H20ClN5OS. The fraction of sp³-hybridized carbons (Fsp3) is 0.250. The molecule has 0 N–H and O–H groups in total. The van der Waals surface area contributed by atoms with E-state index in [9.17, 15) is 0 Å². The molecule has 1 aromatic heterocycles. The van der Waals surface area contributed by atoms with Gasteiger partial charge in [-0.3, -0.25) is 0 Å². The number of benzene rings is 2. The molecule has 0 amide bonds. The van der Waals surface area contributed by atoms with Crippen molar-refractivity contribution in [3.8, 4) is 0 Å². The van der Waals surface area contributed by atoms with Crippen LogP contribution in [0.3, 0.4) is 0 Å². The highest BCUT2D eigenvalue weighted by Crippen LogP contribution is 2.22. The van der Waals surface area contributed by atoms with E-state index in [1.165, 1.54) is 11.3 Å². The van der Waals surface area contributed by atoms with Crippen LogP contribution in [0.5, 0.6) is 0 Å². The fourth-order valence-corrected chi connectivity index (χ4v) is 3.79. The van der Waals surface area contributed by atoms with E-state index in [2.05, 4.69) is 44.5 Å². The van der Waals surface area contributed by atoms with Crippen molar-refractivity contribution in [2.24, 2.45) is 5.10 Å². The van der Waals surface area contributed by atoms with Gasteiger partial charge in [0.2, 0.25) is 5.16 Å². The third kappa shape index (κ3) is 4.92. The number of anilines is 1. The van der Waals surface area contributed by atoms with Crippen LogP contribution in [0.25, 0.3) is 0 Å². The van der Waals surface area contributed by atoms with Crippen LogP contribution in [0.15, 0.2) is 65.1 Å². The first-order valence-corrected chi connectivity index (χ1v) is 10.4. The van der Waals surface area contributed by atoms with Crippen LogP contribution in [-0.2, 0) is 10.5 Å². The molecule has 0 bridgehead atoms. The Labute approximate surface area is 173 Å². The maximum absolute atomic E-state index is 5.93. The number of hydrogen-bond acceptors (Lipinski definition) is 6. The van der Waals surface area contributed by atoms with Crippen molar-refractivity contribution in [2.45, 2.75) is 10.9 Å². The first kappa shape index (κ1) is 19.0. The standard InChI is InChI=1S/C20H20ClN5OS/c21-18-5-1-17(2-6-18)14-28-20-24-22-15-26(20)23-13-16-3-7-19(8-4-16)25-9-11-27-12-10-25/h1-8,13,15H,9-12,14H2/b23-13-. The van der Waals surface area contributed by atoms with Crippen molar-refractivity contribution in [1.29, 1.82) is 0 Å². The highest BCUT2D eigenvalue weighted by atomic mass is 35.5. The number of aromatic nitrogens is 3. The molecule has 28 heavy (non-hydrogen) atoms. The number of ether oxygens (including phenoxy) is 1. The summed E-state index contributed by atoms with van der Waals surface area (Å²) in [6.45, 7) is 3.44. The third-order valence-electron chi connectivity index (χ3n) is 4.38. The highest BCUT2D eigenvalue weighted by molar-refractivity contribution is 7.98. The van der Waals surface area contributed by atoms with Crippen LogP contribution >= 0.6 is 23.4 Å². The molecular weight excluding hydrogens is 394 g/mol. The first-order valence-electron chi connectivity index (χ1n) is 9.02. The summed E-state index contributed by atoms with van der Waals surface area (Å²) in [6.07, 6.45) is 3.43. The molecule has 2 aromatic carbocycles. The van der Waals surface area contributed by atoms with Gasteiger partial charge in [0.25, 0.3) is 0 Å².